The first kappa shape index (κ1) is 20.6. The fourth-order valence-electron chi connectivity index (χ4n) is 3.35. The lowest BCUT2D eigenvalue weighted by atomic mass is 10.0. The maximum Gasteiger partial charge on any atom is 0.268 e. The molecule has 0 spiro atoms. The van der Waals surface area contributed by atoms with Gasteiger partial charge in [0.25, 0.3) is 5.91 Å². The highest BCUT2D eigenvalue weighted by Gasteiger charge is 2.30. The number of benzene rings is 2. The van der Waals surface area contributed by atoms with Gasteiger partial charge in [0, 0.05) is 21.5 Å². The minimum absolute atomic E-state index is 0.235. The van der Waals surface area contributed by atoms with Crippen molar-refractivity contribution in [2.24, 2.45) is 5.16 Å². The lowest BCUT2D eigenvalue weighted by Gasteiger charge is -2.10. The number of rotatable bonds is 5. The molecule has 0 saturated carbocycles. The molecule has 2 aromatic carbocycles. The number of amides is 1. The minimum atomic E-state index is -0.669. The summed E-state index contributed by atoms with van der Waals surface area (Å²) in [7, 11) is 0. The van der Waals surface area contributed by atoms with Crippen LogP contribution in [0.4, 0.5) is 5.69 Å². The van der Waals surface area contributed by atoms with Gasteiger partial charge in [-0.25, -0.2) is 0 Å². The van der Waals surface area contributed by atoms with E-state index in [-0.39, 0.29) is 5.91 Å². The molecule has 1 aromatic heterocycles. The van der Waals surface area contributed by atoms with Gasteiger partial charge in [0.2, 0.25) is 6.10 Å². The SMILES string of the molecule is Cc1nn(Cc2ccc(Cl)cc2)c(C)c1NC(=O)[C@H]1CC(c2cccc(Br)c2)=NO1. The topological polar surface area (TPSA) is 68.5 Å². The molecule has 3 aromatic rings. The number of aromatic nitrogens is 2. The van der Waals surface area contributed by atoms with E-state index >= 15 is 0 Å². The van der Waals surface area contributed by atoms with E-state index in [0.717, 1.165) is 32.7 Å². The van der Waals surface area contributed by atoms with Crippen molar-refractivity contribution in [3.8, 4) is 0 Å². The molecular weight excluding hydrogens is 468 g/mol. The van der Waals surface area contributed by atoms with Crippen molar-refractivity contribution in [2.45, 2.75) is 32.9 Å². The number of carbonyl (C=O) groups is 1. The Bertz CT molecular complexity index is 1120. The third-order valence-electron chi connectivity index (χ3n) is 4.99. The number of carbonyl (C=O) groups excluding carboxylic acids is 1. The normalized spacial score (nSPS) is 15.6. The Morgan fingerprint density at radius 2 is 2.03 bits per heavy atom. The van der Waals surface area contributed by atoms with Crippen LogP contribution in [0.15, 0.2) is 58.2 Å². The van der Waals surface area contributed by atoms with Gasteiger partial charge in [-0.1, -0.05) is 57.0 Å². The molecule has 0 aliphatic carbocycles. The molecule has 8 heteroatoms. The number of hydrogen-bond donors (Lipinski definition) is 1. The molecule has 1 atom stereocenters. The third kappa shape index (κ3) is 4.42. The van der Waals surface area contributed by atoms with E-state index in [4.69, 9.17) is 16.4 Å². The molecule has 1 N–H and O–H groups in total. The highest BCUT2D eigenvalue weighted by Crippen LogP contribution is 2.24. The van der Waals surface area contributed by atoms with Crippen molar-refractivity contribution in [1.29, 1.82) is 0 Å². The second-order valence-corrected chi connectivity index (χ2v) is 8.52. The van der Waals surface area contributed by atoms with E-state index in [2.05, 4.69) is 31.5 Å². The highest BCUT2D eigenvalue weighted by molar-refractivity contribution is 9.10. The average molecular weight is 488 g/mol. The Kier molecular flexibility index (Phi) is 5.92. The van der Waals surface area contributed by atoms with Crippen LogP contribution in [0.1, 0.15) is 28.9 Å². The first-order valence-electron chi connectivity index (χ1n) is 9.48. The number of nitrogens with zero attached hydrogens (tertiary/aromatic N) is 3. The fourth-order valence-corrected chi connectivity index (χ4v) is 3.88. The first-order valence-corrected chi connectivity index (χ1v) is 10.7. The van der Waals surface area contributed by atoms with E-state index in [1.807, 2.05) is 67.1 Å². The zero-order valence-corrected chi connectivity index (χ0v) is 18.9. The number of hydrogen-bond acceptors (Lipinski definition) is 4. The zero-order chi connectivity index (χ0) is 21.3. The summed E-state index contributed by atoms with van der Waals surface area (Å²) in [5.41, 5.74) is 5.09. The van der Waals surface area contributed by atoms with E-state index in [9.17, 15) is 4.79 Å². The number of nitrogens with one attached hydrogen (secondary N) is 1. The molecule has 0 fully saturated rings. The molecule has 30 heavy (non-hydrogen) atoms. The molecule has 1 aliphatic heterocycles. The Balaban J connectivity index is 1.44. The summed E-state index contributed by atoms with van der Waals surface area (Å²) in [5, 5.41) is 12.3. The molecule has 0 saturated heterocycles. The van der Waals surface area contributed by atoms with E-state index in [1.54, 1.807) is 0 Å². The minimum Gasteiger partial charge on any atom is -0.382 e. The highest BCUT2D eigenvalue weighted by atomic mass is 79.9. The van der Waals surface area contributed by atoms with Crippen molar-refractivity contribution < 1.29 is 9.63 Å². The van der Waals surface area contributed by atoms with Crippen LogP contribution in [0, 0.1) is 13.8 Å². The Labute approximate surface area is 188 Å². The maximum absolute atomic E-state index is 12.8. The largest absolute Gasteiger partial charge is 0.382 e. The van der Waals surface area contributed by atoms with E-state index in [0.29, 0.717) is 23.7 Å². The number of aryl methyl sites for hydroxylation is 1. The lowest BCUT2D eigenvalue weighted by molar-refractivity contribution is -0.125. The monoisotopic (exact) mass is 486 g/mol. The summed E-state index contributed by atoms with van der Waals surface area (Å²) in [6.45, 7) is 4.40. The quantitative estimate of drug-likeness (QED) is 0.545. The van der Waals surface area contributed by atoms with Gasteiger partial charge in [-0.05, 0) is 43.7 Å². The van der Waals surface area contributed by atoms with Gasteiger partial charge in [-0.3, -0.25) is 9.48 Å². The number of anilines is 1. The molecule has 4 rings (SSSR count). The Hall–Kier alpha value is -2.64. The molecule has 0 bridgehead atoms. The van der Waals surface area contributed by atoms with Crippen molar-refractivity contribution in [2.75, 3.05) is 5.32 Å². The first-order chi connectivity index (χ1) is 14.4. The van der Waals surface area contributed by atoms with Crippen LogP contribution < -0.4 is 5.32 Å². The summed E-state index contributed by atoms with van der Waals surface area (Å²) >= 11 is 9.41. The Morgan fingerprint density at radius 3 is 2.77 bits per heavy atom. The second-order valence-electron chi connectivity index (χ2n) is 7.17. The van der Waals surface area contributed by atoms with Crippen LogP contribution >= 0.6 is 27.5 Å². The summed E-state index contributed by atoms with van der Waals surface area (Å²) in [6, 6.07) is 15.4. The van der Waals surface area contributed by atoms with Crippen molar-refractivity contribution >= 4 is 44.8 Å². The second kappa shape index (κ2) is 8.62. The number of halogens is 2. The standard InChI is InChI=1S/C22H20BrClN4O2/c1-13-21(14(2)28(26-13)12-15-6-8-18(24)9-7-15)25-22(29)20-11-19(27-30-20)16-4-3-5-17(23)10-16/h3-10,20H,11-12H2,1-2H3,(H,25,29)/t20-/m1/s1. The van der Waals surface area contributed by atoms with Crippen LogP contribution in [0.2, 0.25) is 5.02 Å². The summed E-state index contributed by atoms with van der Waals surface area (Å²) in [5.74, 6) is -0.235. The van der Waals surface area contributed by atoms with E-state index < -0.39 is 6.10 Å². The molecule has 0 unspecified atom stereocenters. The van der Waals surface area contributed by atoms with Gasteiger partial charge in [-0.15, -0.1) is 0 Å². The maximum atomic E-state index is 12.8. The van der Waals surface area contributed by atoms with Gasteiger partial charge in [-0.2, -0.15) is 5.10 Å². The van der Waals surface area contributed by atoms with Crippen LogP contribution in [-0.4, -0.2) is 27.5 Å². The van der Waals surface area contributed by atoms with Gasteiger partial charge in [0.15, 0.2) is 0 Å². The molecule has 2 heterocycles. The summed E-state index contributed by atoms with van der Waals surface area (Å²) in [4.78, 5) is 18.2. The molecule has 1 aliphatic rings. The van der Waals surface area contributed by atoms with Crippen LogP contribution in [0.5, 0.6) is 0 Å². The molecule has 154 valence electrons. The van der Waals surface area contributed by atoms with Gasteiger partial charge < -0.3 is 10.2 Å². The van der Waals surface area contributed by atoms with Crippen LogP contribution in [0.25, 0.3) is 0 Å². The smallest absolute Gasteiger partial charge is 0.268 e. The van der Waals surface area contributed by atoms with Gasteiger partial charge in [0.05, 0.1) is 29.3 Å². The summed E-state index contributed by atoms with van der Waals surface area (Å²) in [6.07, 6.45) is -0.253. The van der Waals surface area contributed by atoms with Crippen LogP contribution in [-0.2, 0) is 16.2 Å². The molecule has 0 radical (unpaired) electrons. The van der Waals surface area contributed by atoms with Gasteiger partial charge >= 0.3 is 0 Å². The molecular formula is C22H20BrClN4O2. The number of oxime groups is 1. The van der Waals surface area contributed by atoms with Crippen LogP contribution in [0.3, 0.4) is 0 Å². The molecule has 1 amide bonds. The predicted molar refractivity (Wildman–Crippen MR) is 121 cm³/mol. The zero-order valence-electron chi connectivity index (χ0n) is 16.5. The average Bonchev–Trinajstić information content (AvgIpc) is 3.31. The Morgan fingerprint density at radius 1 is 1.27 bits per heavy atom. The third-order valence-corrected chi connectivity index (χ3v) is 5.74. The van der Waals surface area contributed by atoms with Gasteiger partial charge in [0.1, 0.15) is 0 Å². The molecule has 6 nitrogen and oxygen atoms in total. The van der Waals surface area contributed by atoms with Crippen molar-refractivity contribution in [3.63, 3.8) is 0 Å². The van der Waals surface area contributed by atoms with E-state index in [1.165, 1.54) is 0 Å². The van der Waals surface area contributed by atoms with Crippen molar-refractivity contribution in [1.82, 2.24) is 9.78 Å². The lowest BCUT2D eigenvalue weighted by Crippen LogP contribution is -2.28. The van der Waals surface area contributed by atoms with Crippen molar-refractivity contribution in [3.05, 3.63) is 80.5 Å². The summed E-state index contributed by atoms with van der Waals surface area (Å²) < 4.78 is 2.82. The predicted octanol–water partition coefficient (Wildman–Crippen LogP) is 5.10. The fraction of sp³-hybridized carbons (Fsp3) is 0.227.